The highest BCUT2D eigenvalue weighted by atomic mass is 19.1. The topological polar surface area (TPSA) is 45.7 Å². The fourth-order valence-corrected chi connectivity index (χ4v) is 3.91. The average Bonchev–Trinajstić information content (AvgIpc) is 2.66. The number of anilines is 1. The first-order chi connectivity index (χ1) is 13.0. The zero-order valence-corrected chi connectivity index (χ0v) is 14.9. The van der Waals surface area contributed by atoms with E-state index in [1.165, 1.54) is 18.2 Å². The molecule has 0 N–H and O–H groups in total. The largest absolute Gasteiger partial charge is 0.362 e. The third kappa shape index (κ3) is 3.84. The van der Waals surface area contributed by atoms with Gasteiger partial charge in [0.1, 0.15) is 18.2 Å². The molecule has 3 heterocycles. The molecule has 27 heavy (non-hydrogen) atoms. The summed E-state index contributed by atoms with van der Waals surface area (Å²) in [5, 5.41) is 0. The molecule has 7 heteroatoms. The number of amides is 1. The number of hydrogen-bond donors (Lipinski definition) is 0. The van der Waals surface area contributed by atoms with Crippen LogP contribution in [0, 0.1) is 11.6 Å². The summed E-state index contributed by atoms with van der Waals surface area (Å²) in [5.74, 6) is -0.880. The number of carbonyl (C=O) groups excluding carboxylic acids is 1. The molecule has 0 radical (unpaired) electrons. The minimum atomic E-state index is -0.538. The molecule has 1 aromatic carbocycles. The number of pyridine rings is 1. The molecule has 2 aromatic rings. The van der Waals surface area contributed by atoms with E-state index < -0.39 is 5.60 Å². The molecule has 1 atom stereocenters. The summed E-state index contributed by atoms with van der Waals surface area (Å²) in [6.45, 7) is 2.10. The molecule has 2 fully saturated rings. The number of ether oxygens (including phenoxy) is 1. The van der Waals surface area contributed by atoms with Gasteiger partial charge in [0.25, 0.3) is 5.91 Å². The van der Waals surface area contributed by atoms with Crippen LogP contribution in [0.4, 0.5) is 14.5 Å². The van der Waals surface area contributed by atoms with Gasteiger partial charge in [-0.25, -0.2) is 8.78 Å². The summed E-state index contributed by atoms with van der Waals surface area (Å²) < 4.78 is 33.5. The maximum atomic E-state index is 13.9. The van der Waals surface area contributed by atoms with Crippen molar-refractivity contribution in [2.45, 2.75) is 25.0 Å². The van der Waals surface area contributed by atoms with Crippen LogP contribution in [0.1, 0.15) is 18.5 Å². The Labute approximate surface area is 156 Å². The van der Waals surface area contributed by atoms with Gasteiger partial charge in [0.2, 0.25) is 0 Å². The number of benzene rings is 1. The van der Waals surface area contributed by atoms with Crippen LogP contribution >= 0.6 is 0 Å². The smallest absolute Gasteiger partial charge is 0.253 e. The molecular formula is C20H21F2N3O2. The first-order valence-corrected chi connectivity index (χ1v) is 9.06. The third-order valence-corrected chi connectivity index (χ3v) is 5.20. The summed E-state index contributed by atoms with van der Waals surface area (Å²) in [7, 11) is 0. The number of rotatable bonds is 3. The van der Waals surface area contributed by atoms with Crippen molar-refractivity contribution in [2.75, 3.05) is 31.1 Å². The molecule has 142 valence electrons. The van der Waals surface area contributed by atoms with E-state index in [1.807, 2.05) is 0 Å². The highest BCUT2D eigenvalue weighted by Gasteiger charge is 2.43. The van der Waals surface area contributed by atoms with Crippen molar-refractivity contribution in [3.63, 3.8) is 0 Å². The lowest BCUT2D eigenvalue weighted by atomic mass is 9.90. The van der Waals surface area contributed by atoms with Crippen LogP contribution in [0.2, 0.25) is 0 Å². The minimum absolute atomic E-state index is 0.0394. The van der Waals surface area contributed by atoms with E-state index in [4.69, 9.17) is 4.74 Å². The molecule has 1 aromatic heterocycles. The van der Waals surface area contributed by atoms with E-state index in [-0.39, 0.29) is 24.1 Å². The Morgan fingerprint density at radius 1 is 1.19 bits per heavy atom. The number of likely N-dealkylation sites (tertiary alicyclic amines) is 1. The number of morpholine rings is 1. The number of carbonyl (C=O) groups is 1. The summed E-state index contributed by atoms with van der Waals surface area (Å²) in [6, 6.07) is 9.02. The highest BCUT2D eigenvalue weighted by molar-refractivity contribution is 5.95. The van der Waals surface area contributed by atoms with E-state index in [0.29, 0.717) is 31.0 Å². The van der Waals surface area contributed by atoms with E-state index in [9.17, 15) is 13.6 Å². The van der Waals surface area contributed by atoms with Crippen LogP contribution in [0.5, 0.6) is 0 Å². The van der Waals surface area contributed by atoms with Crippen LogP contribution in [0.15, 0.2) is 42.6 Å². The van der Waals surface area contributed by atoms with Crippen molar-refractivity contribution >= 4 is 11.6 Å². The minimum Gasteiger partial charge on any atom is -0.362 e. The summed E-state index contributed by atoms with van der Waals surface area (Å²) in [5.41, 5.74) is 0.406. The molecule has 1 spiro atoms. The molecule has 2 aliphatic heterocycles. The van der Waals surface area contributed by atoms with Crippen molar-refractivity contribution in [3.05, 3.63) is 59.9 Å². The fourth-order valence-electron chi connectivity index (χ4n) is 3.91. The third-order valence-electron chi connectivity index (χ3n) is 5.20. The van der Waals surface area contributed by atoms with Gasteiger partial charge in [-0.1, -0.05) is 6.07 Å². The Morgan fingerprint density at radius 2 is 2.07 bits per heavy atom. The van der Waals surface area contributed by atoms with Crippen LogP contribution < -0.4 is 4.90 Å². The fraction of sp³-hybridized carbons (Fsp3) is 0.400. The van der Waals surface area contributed by atoms with Gasteiger partial charge < -0.3 is 9.64 Å². The van der Waals surface area contributed by atoms with Crippen molar-refractivity contribution < 1.29 is 18.3 Å². The number of hydrogen-bond acceptors (Lipinski definition) is 4. The maximum Gasteiger partial charge on any atom is 0.253 e. The average molecular weight is 373 g/mol. The van der Waals surface area contributed by atoms with Gasteiger partial charge in [-0.3, -0.25) is 14.7 Å². The molecule has 5 nitrogen and oxygen atoms in total. The molecule has 0 aliphatic carbocycles. The second kappa shape index (κ2) is 7.32. The SMILES string of the molecule is O=C1COC2(CCCN(Cc3ncccc3F)C2)CN1c1cccc(F)c1. The lowest BCUT2D eigenvalue weighted by molar-refractivity contribution is -0.146. The predicted molar refractivity (Wildman–Crippen MR) is 96.1 cm³/mol. The molecule has 2 aliphatic rings. The van der Waals surface area contributed by atoms with Crippen LogP contribution in [0.25, 0.3) is 0 Å². The highest BCUT2D eigenvalue weighted by Crippen LogP contribution is 2.32. The lowest BCUT2D eigenvalue weighted by Crippen LogP contribution is -2.61. The van der Waals surface area contributed by atoms with Crippen LogP contribution in [-0.4, -0.2) is 47.6 Å². The molecule has 0 bridgehead atoms. The van der Waals surface area contributed by atoms with Crippen molar-refractivity contribution in [1.29, 1.82) is 0 Å². The first-order valence-electron chi connectivity index (χ1n) is 9.06. The molecule has 1 amide bonds. The summed E-state index contributed by atoms with van der Waals surface area (Å²) >= 11 is 0. The Balaban J connectivity index is 1.52. The molecule has 4 rings (SSSR count). The quantitative estimate of drug-likeness (QED) is 0.830. The van der Waals surface area contributed by atoms with Gasteiger partial charge in [0.05, 0.1) is 17.8 Å². The van der Waals surface area contributed by atoms with Crippen molar-refractivity contribution in [1.82, 2.24) is 9.88 Å². The zero-order valence-electron chi connectivity index (χ0n) is 14.9. The van der Waals surface area contributed by atoms with Gasteiger partial charge >= 0.3 is 0 Å². The van der Waals surface area contributed by atoms with E-state index in [1.54, 1.807) is 29.3 Å². The summed E-state index contributed by atoms with van der Waals surface area (Å²) in [4.78, 5) is 20.2. The van der Waals surface area contributed by atoms with Gasteiger partial charge in [0.15, 0.2) is 0 Å². The zero-order chi connectivity index (χ0) is 18.9. The Hall–Kier alpha value is -2.38. The van der Waals surface area contributed by atoms with Crippen LogP contribution in [0.3, 0.4) is 0 Å². The number of nitrogens with zero attached hydrogens (tertiary/aromatic N) is 3. The number of aromatic nitrogens is 1. The number of halogens is 2. The molecule has 0 saturated carbocycles. The van der Waals surface area contributed by atoms with Gasteiger partial charge in [-0.05, 0) is 49.7 Å². The predicted octanol–water partition coefficient (Wildman–Crippen LogP) is 2.76. The Morgan fingerprint density at radius 3 is 2.89 bits per heavy atom. The van der Waals surface area contributed by atoms with Gasteiger partial charge in [-0.15, -0.1) is 0 Å². The monoisotopic (exact) mass is 373 g/mol. The second-order valence-corrected chi connectivity index (χ2v) is 7.18. The van der Waals surface area contributed by atoms with E-state index in [2.05, 4.69) is 9.88 Å². The lowest BCUT2D eigenvalue weighted by Gasteiger charge is -2.47. The van der Waals surface area contributed by atoms with Gasteiger partial charge in [0, 0.05) is 25.0 Å². The maximum absolute atomic E-state index is 13.9. The standard InChI is InChI=1S/C20H21F2N3O2/c21-15-4-1-5-16(10-15)25-14-20(27-12-19(25)26)7-3-9-24(13-20)11-18-17(22)6-2-8-23-18/h1-2,4-6,8,10H,3,7,9,11-14H2. The van der Waals surface area contributed by atoms with E-state index >= 15 is 0 Å². The molecular weight excluding hydrogens is 352 g/mol. The Kier molecular flexibility index (Phi) is 4.88. The number of piperidine rings is 1. The van der Waals surface area contributed by atoms with Crippen LogP contribution in [-0.2, 0) is 16.1 Å². The van der Waals surface area contributed by atoms with E-state index in [0.717, 1.165) is 19.4 Å². The first kappa shape index (κ1) is 18.0. The van der Waals surface area contributed by atoms with Crippen molar-refractivity contribution in [2.24, 2.45) is 0 Å². The molecule has 2 saturated heterocycles. The summed E-state index contributed by atoms with van der Waals surface area (Å²) in [6.07, 6.45) is 3.26. The Bertz CT molecular complexity index is 847. The normalized spacial score (nSPS) is 23.8. The van der Waals surface area contributed by atoms with Gasteiger partial charge in [-0.2, -0.15) is 0 Å². The second-order valence-electron chi connectivity index (χ2n) is 7.18. The molecule has 1 unspecified atom stereocenters. The van der Waals surface area contributed by atoms with Crippen molar-refractivity contribution in [3.8, 4) is 0 Å².